The molecule has 1 aliphatic heterocycles. The molecule has 1 heterocycles. The maximum absolute atomic E-state index is 12.8. The fourth-order valence-corrected chi connectivity index (χ4v) is 3.95. The number of amides is 1. The molecule has 0 bridgehead atoms. The van der Waals surface area contributed by atoms with Crippen molar-refractivity contribution < 1.29 is 14.3 Å². The lowest BCUT2D eigenvalue weighted by molar-refractivity contribution is -0.145. The molecule has 2 atom stereocenters. The topological polar surface area (TPSA) is 42.0 Å². The van der Waals surface area contributed by atoms with Crippen LogP contribution in [0.2, 0.25) is 5.02 Å². The van der Waals surface area contributed by atoms with Crippen LogP contribution in [0.5, 0.6) is 5.75 Å². The van der Waals surface area contributed by atoms with Crippen molar-refractivity contribution in [2.45, 2.75) is 32.6 Å². The van der Waals surface area contributed by atoms with Crippen LogP contribution < -0.4 is 4.74 Å². The van der Waals surface area contributed by atoms with E-state index in [0.29, 0.717) is 19.7 Å². The Morgan fingerprint density at radius 3 is 2.48 bits per heavy atom. The highest BCUT2D eigenvalue weighted by Gasteiger charge is 2.28. The molecule has 0 N–H and O–H groups in total. The van der Waals surface area contributed by atoms with Crippen molar-refractivity contribution in [1.82, 2.24) is 9.80 Å². The van der Waals surface area contributed by atoms with E-state index in [1.165, 1.54) is 0 Å². The minimum atomic E-state index is -0.478. The molecule has 29 heavy (non-hydrogen) atoms. The number of piperazine rings is 1. The van der Waals surface area contributed by atoms with E-state index in [0.717, 1.165) is 35.0 Å². The predicted octanol–water partition coefficient (Wildman–Crippen LogP) is 4.16. The SMILES string of the molecule is COc1cccc(COC(C)C(=O)N2CCN(C(C)c3ccccc3Cl)CC2)c1. The molecule has 1 saturated heterocycles. The van der Waals surface area contributed by atoms with Gasteiger partial charge >= 0.3 is 0 Å². The average molecular weight is 417 g/mol. The highest BCUT2D eigenvalue weighted by atomic mass is 35.5. The Morgan fingerprint density at radius 2 is 1.79 bits per heavy atom. The number of benzene rings is 2. The standard InChI is InChI=1S/C23H29ClN2O3/c1-17(21-9-4-5-10-22(21)24)25-11-13-26(14-12-25)23(27)18(2)29-16-19-7-6-8-20(15-19)28-3/h4-10,15,17-18H,11-14,16H2,1-3H3. The lowest BCUT2D eigenvalue weighted by Gasteiger charge is -2.39. The molecule has 0 spiro atoms. The molecule has 2 aromatic rings. The van der Waals surface area contributed by atoms with Gasteiger partial charge in [-0.25, -0.2) is 0 Å². The number of rotatable bonds is 7. The first-order valence-electron chi connectivity index (χ1n) is 10.0. The Labute approximate surface area is 178 Å². The van der Waals surface area contributed by atoms with Gasteiger partial charge in [-0.3, -0.25) is 9.69 Å². The molecule has 5 nitrogen and oxygen atoms in total. The molecular weight excluding hydrogens is 388 g/mol. The third-order valence-electron chi connectivity index (χ3n) is 5.51. The van der Waals surface area contributed by atoms with Crippen LogP contribution in [0.3, 0.4) is 0 Å². The summed E-state index contributed by atoms with van der Waals surface area (Å²) >= 11 is 6.35. The van der Waals surface area contributed by atoms with E-state index in [2.05, 4.69) is 17.9 Å². The number of carbonyl (C=O) groups excluding carboxylic acids is 1. The van der Waals surface area contributed by atoms with Crippen LogP contribution in [-0.2, 0) is 16.1 Å². The maximum atomic E-state index is 12.8. The Morgan fingerprint density at radius 1 is 1.07 bits per heavy atom. The van der Waals surface area contributed by atoms with Gasteiger partial charge in [-0.05, 0) is 43.2 Å². The number of halogens is 1. The lowest BCUT2D eigenvalue weighted by atomic mass is 10.1. The van der Waals surface area contributed by atoms with Gasteiger partial charge in [0, 0.05) is 37.2 Å². The van der Waals surface area contributed by atoms with E-state index in [1.54, 1.807) is 7.11 Å². The van der Waals surface area contributed by atoms with Crippen molar-refractivity contribution in [2.75, 3.05) is 33.3 Å². The lowest BCUT2D eigenvalue weighted by Crippen LogP contribution is -2.51. The molecule has 156 valence electrons. The molecular formula is C23H29ClN2O3. The van der Waals surface area contributed by atoms with Gasteiger partial charge in [0.1, 0.15) is 11.9 Å². The Kier molecular flexibility index (Phi) is 7.53. The molecule has 2 aromatic carbocycles. The summed E-state index contributed by atoms with van der Waals surface area (Å²) in [5, 5.41) is 0.790. The predicted molar refractivity (Wildman–Crippen MR) is 115 cm³/mol. The molecule has 6 heteroatoms. The number of ether oxygens (including phenoxy) is 2. The Balaban J connectivity index is 1.49. The van der Waals surface area contributed by atoms with Crippen LogP contribution in [0, 0.1) is 0 Å². The van der Waals surface area contributed by atoms with E-state index >= 15 is 0 Å². The van der Waals surface area contributed by atoms with Crippen molar-refractivity contribution in [1.29, 1.82) is 0 Å². The molecule has 2 unspecified atom stereocenters. The van der Waals surface area contributed by atoms with Gasteiger partial charge in [0.15, 0.2) is 0 Å². The summed E-state index contributed by atoms with van der Waals surface area (Å²) in [6.45, 7) is 7.40. The normalized spacial score (nSPS) is 17.0. The third-order valence-corrected chi connectivity index (χ3v) is 5.86. The van der Waals surface area contributed by atoms with Crippen molar-refractivity contribution in [3.05, 3.63) is 64.7 Å². The van der Waals surface area contributed by atoms with Crippen LogP contribution in [0.1, 0.15) is 31.0 Å². The third kappa shape index (κ3) is 5.50. The summed E-state index contributed by atoms with van der Waals surface area (Å²) in [6.07, 6.45) is -0.478. The van der Waals surface area contributed by atoms with E-state index in [-0.39, 0.29) is 11.9 Å². The van der Waals surface area contributed by atoms with Gasteiger partial charge in [0.2, 0.25) is 0 Å². The van der Waals surface area contributed by atoms with Crippen LogP contribution in [0.15, 0.2) is 48.5 Å². The van der Waals surface area contributed by atoms with Gasteiger partial charge in [0.05, 0.1) is 13.7 Å². The van der Waals surface area contributed by atoms with Crippen molar-refractivity contribution >= 4 is 17.5 Å². The second-order valence-electron chi connectivity index (χ2n) is 7.36. The molecule has 1 fully saturated rings. The van der Waals surface area contributed by atoms with Gasteiger partial charge in [-0.1, -0.05) is 41.9 Å². The number of nitrogens with zero attached hydrogens (tertiary/aromatic N) is 2. The summed E-state index contributed by atoms with van der Waals surface area (Å²) in [4.78, 5) is 17.0. The summed E-state index contributed by atoms with van der Waals surface area (Å²) in [5.41, 5.74) is 2.12. The van der Waals surface area contributed by atoms with Crippen LogP contribution in [0.4, 0.5) is 0 Å². The Hall–Kier alpha value is -2.08. The van der Waals surface area contributed by atoms with Crippen LogP contribution in [0.25, 0.3) is 0 Å². The van der Waals surface area contributed by atoms with Crippen LogP contribution >= 0.6 is 11.6 Å². The fraction of sp³-hybridized carbons (Fsp3) is 0.435. The van der Waals surface area contributed by atoms with Gasteiger partial charge in [-0.2, -0.15) is 0 Å². The first-order chi connectivity index (χ1) is 14.0. The van der Waals surface area contributed by atoms with E-state index in [4.69, 9.17) is 21.1 Å². The first kappa shape index (κ1) is 21.6. The summed E-state index contributed by atoms with van der Waals surface area (Å²) in [5.74, 6) is 0.826. The monoisotopic (exact) mass is 416 g/mol. The van der Waals surface area contributed by atoms with Crippen molar-refractivity contribution in [3.63, 3.8) is 0 Å². The number of methoxy groups -OCH3 is 1. The average Bonchev–Trinajstić information content (AvgIpc) is 2.77. The highest BCUT2D eigenvalue weighted by molar-refractivity contribution is 6.31. The van der Waals surface area contributed by atoms with Gasteiger partial charge < -0.3 is 14.4 Å². The van der Waals surface area contributed by atoms with Crippen molar-refractivity contribution in [2.24, 2.45) is 0 Å². The largest absolute Gasteiger partial charge is 0.497 e. The molecule has 0 saturated carbocycles. The van der Waals surface area contributed by atoms with E-state index in [9.17, 15) is 4.79 Å². The zero-order valence-electron chi connectivity index (χ0n) is 17.3. The molecule has 3 rings (SSSR count). The fourth-order valence-electron chi connectivity index (χ4n) is 3.65. The van der Waals surface area contributed by atoms with E-state index < -0.39 is 6.10 Å². The molecule has 1 amide bonds. The van der Waals surface area contributed by atoms with Gasteiger partial charge in [0.25, 0.3) is 5.91 Å². The summed E-state index contributed by atoms with van der Waals surface area (Å²) in [7, 11) is 1.64. The zero-order valence-corrected chi connectivity index (χ0v) is 18.1. The van der Waals surface area contributed by atoms with Crippen molar-refractivity contribution in [3.8, 4) is 5.75 Å². The Bertz CT molecular complexity index is 821. The molecule has 1 aliphatic rings. The molecule has 0 radical (unpaired) electrons. The number of hydrogen-bond acceptors (Lipinski definition) is 4. The second kappa shape index (κ2) is 10.1. The summed E-state index contributed by atoms with van der Waals surface area (Å²) < 4.78 is 11.1. The maximum Gasteiger partial charge on any atom is 0.251 e. The molecule has 0 aromatic heterocycles. The quantitative estimate of drug-likeness (QED) is 0.679. The summed E-state index contributed by atoms with van der Waals surface area (Å²) in [6, 6.07) is 15.9. The smallest absolute Gasteiger partial charge is 0.251 e. The zero-order chi connectivity index (χ0) is 20.8. The number of hydrogen-bond donors (Lipinski definition) is 0. The van der Waals surface area contributed by atoms with Crippen LogP contribution in [-0.4, -0.2) is 55.1 Å². The first-order valence-corrected chi connectivity index (χ1v) is 10.4. The molecule has 0 aliphatic carbocycles. The number of carbonyl (C=O) groups is 1. The van der Waals surface area contributed by atoms with Gasteiger partial charge in [-0.15, -0.1) is 0 Å². The minimum absolute atomic E-state index is 0.0398. The highest BCUT2D eigenvalue weighted by Crippen LogP contribution is 2.28. The minimum Gasteiger partial charge on any atom is -0.497 e. The van der Waals surface area contributed by atoms with E-state index in [1.807, 2.05) is 54.3 Å². The second-order valence-corrected chi connectivity index (χ2v) is 7.77.